The molecular weight excluding hydrogens is 235 g/mol. The van der Waals surface area contributed by atoms with Crippen LogP contribution in [0.5, 0.6) is 0 Å². The first kappa shape index (κ1) is 12.7. The van der Waals surface area contributed by atoms with Gasteiger partial charge in [0.1, 0.15) is 5.82 Å². The van der Waals surface area contributed by atoms with Gasteiger partial charge in [0, 0.05) is 0 Å². The van der Waals surface area contributed by atoms with Crippen molar-refractivity contribution in [1.82, 2.24) is 10.2 Å². The van der Waals surface area contributed by atoms with E-state index in [1.54, 1.807) is 12.1 Å². The molecule has 1 aliphatic rings. The number of carbonyl (C=O) groups excluding carboxylic acids is 2. The second-order valence-corrected chi connectivity index (χ2v) is 4.29. The summed E-state index contributed by atoms with van der Waals surface area (Å²) in [5.74, 6) is -0.874. The molecule has 0 radical (unpaired) electrons. The predicted molar refractivity (Wildman–Crippen MR) is 64.0 cm³/mol. The summed E-state index contributed by atoms with van der Waals surface area (Å²) >= 11 is 0. The van der Waals surface area contributed by atoms with E-state index in [1.165, 1.54) is 17.0 Å². The lowest BCUT2D eigenvalue weighted by atomic mass is 10.1. The van der Waals surface area contributed by atoms with Gasteiger partial charge in [0.2, 0.25) is 11.8 Å². The molecule has 1 N–H and O–H groups in total. The van der Waals surface area contributed by atoms with Gasteiger partial charge in [-0.15, -0.1) is 0 Å². The molecule has 1 aromatic rings. The fraction of sp³-hybridized carbons (Fsp3) is 0.385. The Hall–Kier alpha value is -1.75. The lowest BCUT2D eigenvalue weighted by Gasteiger charge is -2.31. The molecule has 1 saturated heterocycles. The highest BCUT2D eigenvalue weighted by atomic mass is 19.1. The number of amides is 2. The molecule has 2 amide bonds. The smallest absolute Gasteiger partial charge is 0.246 e. The van der Waals surface area contributed by atoms with Gasteiger partial charge < -0.3 is 0 Å². The quantitative estimate of drug-likeness (QED) is 0.816. The molecule has 1 heterocycles. The normalized spacial score (nSPS) is 20.3. The molecule has 2 rings (SSSR count). The van der Waals surface area contributed by atoms with Crippen LogP contribution in [0.15, 0.2) is 24.3 Å². The first-order valence-corrected chi connectivity index (χ1v) is 5.94. The number of hydrogen-bond acceptors (Lipinski definition) is 3. The molecule has 96 valence electrons. The highest BCUT2D eigenvalue weighted by Gasteiger charge is 2.32. The monoisotopic (exact) mass is 250 g/mol. The third-order valence-electron chi connectivity index (χ3n) is 3.00. The van der Waals surface area contributed by atoms with E-state index < -0.39 is 0 Å². The number of benzene rings is 1. The van der Waals surface area contributed by atoms with Gasteiger partial charge in [-0.25, -0.2) is 4.39 Å². The van der Waals surface area contributed by atoms with Crippen LogP contribution < -0.4 is 5.32 Å². The Morgan fingerprint density at radius 1 is 1.44 bits per heavy atom. The van der Waals surface area contributed by atoms with Crippen LogP contribution in [0.25, 0.3) is 0 Å². The van der Waals surface area contributed by atoms with Crippen LogP contribution in [0.2, 0.25) is 0 Å². The van der Waals surface area contributed by atoms with Crippen LogP contribution >= 0.6 is 0 Å². The van der Waals surface area contributed by atoms with Gasteiger partial charge in [-0.3, -0.25) is 19.8 Å². The van der Waals surface area contributed by atoms with Crippen molar-refractivity contribution in [3.8, 4) is 0 Å². The molecule has 1 atom stereocenters. The SMILES string of the molecule is CCC1NCC(=O)N(Cc2cccc(F)c2)C1=O. The van der Waals surface area contributed by atoms with Crippen molar-refractivity contribution < 1.29 is 14.0 Å². The summed E-state index contributed by atoms with van der Waals surface area (Å²) in [4.78, 5) is 24.9. The van der Waals surface area contributed by atoms with E-state index in [1.807, 2.05) is 6.92 Å². The largest absolute Gasteiger partial charge is 0.297 e. The van der Waals surface area contributed by atoms with Gasteiger partial charge in [-0.2, -0.15) is 0 Å². The summed E-state index contributed by atoms with van der Waals surface area (Å²) in [7, 11) is 0. The van der Waals surface area contributed by atoms with Crippen molar-refractivity contribution >= 4 is 11.8 Å². The highest BCUT2D eigenvalue weighted by molar-refractivity contribution is 6.01. The lowest BCUT2D eigenvalue weighted by Crippen LogP contribution is -2.57. The van der Waals surface area contributed by atoms with E-state index in [0.29, 0.717) is 12.0 Å². The van der Waals surface area contributed by atoms with E-state index in [-0.39, 0.29) is 36.8 Å². The summed E-state index contributed by atoms with van der Waals surface area (Å²) in [5, 5.41) is 2.88. The van der Waals surface area contributed by atoms with Crippen LogP contribution in [0, 0.1) is 5.82 Å². The summed E-state index contributed by atoms with van der Waals surface area (Å²) in [6, 6.07) is 5.62. The Morgan fingerprint density at radius 3 is 2.89 bits per heavy atom. The minimum Gasteiger partial charge on any atom is -0.297 e. The highest BCUT2D eigenvalue weighted by Crippen LogP contribution is 2.12. The molecule has 4 nitrogen and oxygen atoms in total. The maximum Gasteiger partial charge on any atom is 0.246 e. The number of halogens is 1. The van der Waals surface area contributed by atoms with Crippen LogP contribution in [0.4, 0.5) is 4.39 Å². The number of hydrogen-bond donors (Lipinski definition) is 1. The van der Waals surface area contributed by atoms with Gasteiger partial charge in [-0.05, 0) is 24.1 Å². The standard InChI is InChI=1S/C13H15FN2O2/c1-2-11-13(18)16(12(17)7-15-11)8-9-4-3-5-10(14)6-9/h3-6,11,15H,2,7-8H2,1H3. The first-order chi connectivity index (χ1) is 8.61. The van der Waals surface area contributed by atoms with Gasteiger partial charge in [0.15, 0.2) is 0 Å². The van der Waals surface area contributed by atoms with E-state index in [0.717, 1.165) is 0 Å². The third kappa shape index (κ3) is 2.56. The summed E-state index contributed by atoms with van der Waals surface area (Å²) in [6.45, 7) is 2.17. The molecule has 0 spiro atoms. The second kappa shape index (κ2) is 5.27. The van der Waals surface area contributed by atoms with Gasteiger partial charge in [0.25, 0.3) is 0 Å². The molecule has 0 saturated carbocycles. The molecule has 1 aliphatic heterocycles. The van der Waals surface area contributed by atoms with Crippen molar-refractivity contribution in [2.24, 2.45) is 0 Å². The maximum absolute atomic E-state index is 13.1. The average molecular weight is 250 g/mol. The van der Waals surface area contributed by atoms with Crippen molar-refractivity contribution in [2.75, 3.05) is 6.54 Å². The fourth-order valence-electron chi connectivity index (χ4n) is 2.01. The first-order valence-electron chi connectivity index (χ1n) is 5.94. The van der Waals surface area contributed by atoms with Gasteiger partial charge >= 0.3 is 0 Å². The molecule has 18 heavy (non-hydrogen) atoms. The van der Waals surface area contributed by atoms with Crippen LogP contribution in [0.3, 0.4) is 0 Å². The zero-order valence-corrected chi connectivity index (χ0v) is 10.1. The van der Waals surface area contributed by atoms with Crippen LogP contribution in [0.1, 0.15) is 18.9 Å². The number of piperazine rings is 1. The molecule has 1 fully saturated rings. The van der Waals surface area contributed by atoms with Crippen molar-refractivity contribution in [1.29, 1.82) is 0 Å². The summed E-state index contributed by atoms with van der Waals surface area (Å²) in [6.07, 6.45) is 0.631. The minimum absolute atomic E-state index is 0.133. The number of imide groups is 1. The fourth-order valence-corrected chi connectivity index (χ4v) is 2.01. The maximum atomic E-state index is 13.1. The predicted octanol–water partition coefficient (Wildman–Crippen LogP) is 1.06. The third-order valence-corrected chi connectivity index (χ3v) is 3.00. The van der Waals surface area contributed by atoms with Crippen LogP contribution in [-0.4, -0.2) is 29.3 Å². The molecule has 0 bridgehead atoms. The van der Waals surface area contributed by atoms with Crippen molar-refractivity contribution in [3.63, 3.8) is 0 Å². The van der Waals surface area contributed by atoms with Gasteiger partial charge in [-0.1, -0.05) is 19.1 Å². The molecular formula is C13H15FN2O2. The topological polar surface area (TPSA) is 49.4 Å². The molecule has 5 heteroatoms. The van der Waals surface area contributed by atoms with Crippen molar-refractivity contribution in [3.05, 3.63) is 35.6 Å². The zero-order chi connectivity index (χ0) is 13.1. The van der Waals surface area contributed by atoms with Crippen molar-refractivity contribution in [2.45, 2.75) is 25.9 Å². The minimum atomic E-state index is -0.366. The van der Waals surface area contributed by atoms with Crippen LogP contribution in [-0.2, 0) is 16.1 Å². The molecule has 1 aromatic carbocycles. The number of nitrogens with one attached hydrogen (secondary N) is 1. The van der Waals surface area contributed by atoms with Gasteiger partial charge in [0.05, 0.1) is 19.1 Å². The lowest BCUT2D eigenvalue weighted by molar-refractivity contribution is -0.150. The second-order valence-electron chi connectivity index (χ2n) is 4.29. The Labute approximate surface area is 105 Å². The number of rotatable bonds is 3. The number of carbonyl (C=O) groups is 2. The summed E-state index contributed by atoms with van der Waals surface area (Å²) < 4.78 is 13.1. The number of nitrogens with zero attached hydrogens (tertiary/aromatic N) is 1. The van der Waals surface area contributed by atoms with E-state index in [9.17, 15) is 14.0 Å². The molecule has 0 aliphatic carbocycles. The summed E-state index contributed by atoms with van der Waals surface area (Å²) in [5.41, 5.74) is 0.619. The Morgan fingerprint density at radius 2 is 2.22 bits per heavy atom. The Bertz CT molecular complexity index is 476. The Balaban J connectivity index is 2.15. The van der Waals surface area contributed by atoms with E-state index in [2.05, 4.69) is 5.32 Å². The van der Waals surface area contributed by atoms with E-state index in [4.69, 9.17) is 0 Å². The zero-order valence-electron chi connectivity index (χ0n) is 10.1. The van der Waals surface area contributed by atoms with E-state index >= 15 is 0 Å². The Kier molecular flexibility index (Phi) is 3.72. The molecule has 1 unspecified atom stereocenters. The average Bonchev–Trinajstić information content (AvgIpc) is 2.35. The molecule has 0 aromatic heterocycles.